The largest absolute Gasteiger partial charge is 0.337 e. The van der Waals surface area contributed by atoms with Crippen molar-refractivity contribution < 1.29 is 14.0 Å². The Morgan fingerprint density at radius 1 is 1.28 bits per heavy atom. The molecule has 0 saturated carbocycles. The minimum atomic E-state index is -0.348. The molecule has 25 heavy (non-hydrogen) atoms. The lowest BCUT2D eigenvalue weighted by Crippen LogP contribution is -2.28. The molecule has 130 valence electrons. The van der Waals surface area contributed by atoms with Gasteiger partial charge in [0.15, 0.2) is 0 Å². The van der Waals surface area contributed by atoms with Crippen LogP contribution in [0.4, 0.5) is 10.1 Å². The Kier molecular flexibility index (Phi) is 5.18. The van der Waals surface area contributed by atoms with Gasteiger partial charge in [-0.25, -0.2) is 4.39 Å². The molecule has 1 saturated heterocycles. The van der Waals surface area contributed by atoms with E-state index in [1.54, 1.807) is 42.3 Å². The Bertz CT molecular complexity index is 825. The van der Waals surface area contributed by atoms with Crippen molar-refractivity contribution in [1.29, 1.82) is 0 Å². The quantitative estimate of drug-likeness (QED) is 0.772. The average Bonchev–Trinajstić information content (AvgIpc) is 3.03. The van der Waals surface area contributed by atoms with Gasteiger partial charge >= 0.3 is 0 Å². The Morgan fingerprint density at radius 2 is 2.08 bits per heavy atom. The maximum atomic E-state index is 13.9. The summed E-state index contributed by atoms with van der Waals surface area (Å²) in [6.45, 7) is 0.840. The summed E-state index contributed by atoms with van der Waals surface area (Å²) < 4.78 is 14.7. The molecule has 0 aromatic heterocycles. The maximum absolute atomic E-state index is 13.9. The van der Waals surface area contributed by atoms with Crippen molar-refractivity contribution in [2.75, 3.05) is 18.5 Å². The van der Waals surface area contributed by atoms with Crippen LogP contribution < -0.4 is 4.90 Å². The van der Waals surface area contributed by atoms with Gasteiger partial charge in [0.05, 0.1) is 0 Å². The Morgan fingerprint density at radius 3 is 2.80 bits per heavy atom. The SMILES string of the molecule is CN(Cc1cc(Br)ccc1F)C(=O)c1cccc(N2CCCC2=O)c1. The van der Waals surface area contributed by atoms with Crippen LogP contribution >= 0.6 is 15.9 Å². The molecule has 3 rings (SSSR count). The van der Waals surface area contributed by atoms with Crippen LogP contribution in [0.3, 0.4) is 0 Å². The third-order valence-electron chi connectivity index (χ3n) is 4.24. The van der Waals surface area contributed by atoms with Gasteiger partial charge < -0.3 is 9.80 Å². The van der Waals surface area contributed by atoms with Crippen molar-refractivity contribution in [3.05, 3.63) is 63.9 Å². The first-order chi connectivity index (χ1) is 12.0. The molecule has 0 unspecified atom stereocenters. The van der Waals surface area contributed by atoms with E-state index in [-0.39, 0.29) is 24.2 Å². The molecule has 0 radical (unpaired) electrons. The van der Waals surface area contributed by atoms with Gasteiger partial charge in [0, 0.05) is 47.8 Å². The molecule has 0 N–H and O–H groups in total. The summed E-state index contributed by atoms with van der Waals surface area (Å²) in [6, 6.07) is 11.7. The highest BCUT2D eigenvalue weighted by Crippen LogP contribution is 2.23. The van der Waals surface area contributed by atoms with Crippen LogP contribution in [-0.4, -0.2) is 30.3 Å². The predicted molar refractivity (Wildman–Crippen MR) is 97.9 cm³/mol. The molecule has 2 amide bonds. The lowest BCUT2D eigenvalue weighted by molar-refractivity contribution is -0.117. The first-order valence-corrected chi connectivity index (χ1v) is 8.85. The standard InChI is InChI=1S/C19H18BrFN2O2/c1-22(12-14-10-15(20)7-8-17(14)21)19(25)13-4-2-5-16(11-13)23-9-3-6-18(23)24/h2,4-5,7-8,10-11H,3,6,9,12H2,1H3. The summed E-state index contributed by atoms with van der Waals surface area (Å²) >= 11 is 3.31. The highest BCUT2D eigenvalue weighted by molar-refractivity contribution is 9.10. The smallest absolute Gasteiger partial charge is 0.253 e. The first-order valence-electron chi connectivity index (χ1n) is 8.05. The van der Waals surface area contributed by atoms with E-state index in [0.717, 1.165) is 16.6 Å². The van der Waals surface area contributed by atoms with E-state index in [9.17, 15) is 14.0 Å². The third-order valence-corrected chi connectivity index (χ3v) is 4.73. The summed E-state index contributed by atoms with van der Waals surface area (Å²) in [5, 5.41) is 0. The second-order valence-electron chi connectivity index (χ2n) is 6.10. The lowest BCUT2D eigenvalue weighted by Gasteiger charge is -2.20. The summed E-state index contributed by atoms with van der Waals surface area (Å²) in [4.78, 5) is 27.7. The molecular formula is C19H18BrFN2O2. The zero-order chi connectivity index (χ0) is 18.0. The minimum absolute atomic E-state index is 0.0779. The van der Waals surface area contributed by atoms with E-state index in [4.69, 9.17) is 0 Å². The molecule has 2 aromatic rings. The van der Waals surface area contributed by atoms with Gasteiger partial charge in [0.1, 0.15) is 5.82 Å². The Labute approximate surface area is 154 Å². The fourth-order valence-electron chi connectivity index (χ4n) is 2.94. The second-order valence-corrected chi connectivity index (χ2v) is 7.01. The molecule has 1 aliphatic rings. The number of halogens is 2. The summed E-state index contributed by atoms with van der Waals surface area (Å²) in [6.07, 6.45) is 1.37. The molecule has 2 aromatic carbocycles. The molecule has 0 bridgehead atoms. The summed E-state index contributed by atoms with van der Waals surface area (Å²) in [7, 11) is 1.64. The zero-order valence-corrected chi connectivity index (χ0v) is 15.4. The van der Waals surface area contributed by atoms with Crippen molar-refractivity contribution in [3.63, 3.8) is 0 Å². The summed E-state index contributed by atoms with van der Waals surface area (Å²) in [5.74, 6) is -0.485. The monoisotopic (exact) mass is 404 g/mol. The highest BCUT2D eigenvalue weighted by Gasteiger charge is 2.23. The normalized spacial score (nSPS) is 14.0. The lowest BCUT2D eigenvalue weighted by atomic mass is 10.1. The Balaban J connectivity index is 1.78. The molecule has 1 fully saturated rings. The van der Waals surface area contributed by atoms with Crippen molar-refractivity contribution in [2.45, 2.75) is 19.4 Å². The van der Waals surface area contributed by atoms with Gasteiger partial charge in [-0.2, -0.15) is 0 Å². The number of anilines is 1. The molecule has 1 heterocycles. The maximum Gasteiger partial charge on any atom is 0.253 e. The molecule has 0 aliphatic carbocycles. The van der Waals surface area contributed by atoms with Crippen LogP contribution in [0.2, 0.25) is 0 Å². The molecule has 0 atom stereocenters. The fraction of sp³-hybridized carbons (Fsp3) is 0.263. The number of nitrogens with zero attached hydrogens (tertiary/aromatic N) is 2. The second kappa shape index (κ2) is 7.35. The van der Waals surface area contributed by atoms with Crippen LogP contribution in [0, 0.1) is 5.82 Å². The fourth-order valence-corrected chi connectivity index (χ4v) is 3.35. The number of hydrogen-bond acceptors (Lipinski definition) is 2. The number of rotatable bonds is 4. The van der Waals surface area contributed by atoms with E-state index in [2.05, 4.69) is 15.9 Å². The number of hydrogen-bond donors (Lipinski definition) is 0. The van der Waals surface area contributed by atoms with Crippen molar-refractivity contribution in [3.8, 4) is 0 Å². The van der Waals surface area contributed by atoms with Gasteiger partial charge in [-0.05, 0) is 42.8 Å². The zero-order valence-electron chi connectivity index (χ0n) is 13.8. The van der Waals surface area contributed by atoms with E-state index in [1.807, 2.05) is 6.07 Å². The molecule has 0 spiro atoms. The van der Waals surface area contributed by atoms with Crippen molar-refractivity contribution >= 4 is 33.4 Å². The van der Waals surface area contributed by atoms with Gasteiger partial charge in [-0.15, -0.1) is 0 Å². The van der Waals surface area contributed by atoms with Crippen LogP contribution in [0.1, 0.15) is 28.8 Å². The van der Waals surface area contributed by atoms with Gasteiger partial charge in [0.2, 0.25) is 5.91 Å². The molecule has 1 aliphatic heterocycles. The van der Waals surface area contributed by atoms with E-state index in [1.165, 1.54) is 11.0 Å². The van der Waals surface area contributed by atoms with Crippen LogP contribution in [0.5, 0.6) is 0 Å². The number of benzene rings is 2. The van der Waals surface area contributed by atoms with Gasteiger partial charge in [0.25, 0.3) is 5.91 Å². The summed E-state index contributed by atoms with van der Waals surface area (Å²) in [5.41, 5.74) is 1.65. The molecule has 4 nitrogen and oxygen atoms in total. The van der Waals surface area contributed by atoms with E-state index >= 15 is 0 Å². The number of carbonyl (C=O) groups excluding carboxylic acids is 2. The van der Waals surface area contributed by atoms with E-state index < -0.39 is 0 Å². The van der Waals surface area contributed by atoms with Gasteiger partial charge in [-0.3, -0.25) is 9.59 Å². The average molecular weight is 405 g/mol. The number of carbonyl (C=O) groups is 2. The number of amides is 2. The Hall–Kier alpha value is -2.21. The van der Waals surface area contributed by atoms with Crippen molar-refractivity contribution in [2.24, 2.45) is 0 Å². The van der Waals surface area contributed by atoms with E-state index in [0.29, 0.717) is 24.1 Å². The van der Waals surface area contributed by atoms with Crippen molar-refractivity contribution in [1.82, 2.24) is 4.90 Å². The molecule has 6 heteroatoms. The van der Waals surface area contributed by atoms with Gasteiger partial charge in [-0.1, -0.05) is 22.0 Å². The molecular weight excluding hydrogens is 387 g/mol. The minimum Gasteiger partial charge on any atom is -0.337 e. The third kappa shape index (κ3) is 3.90. The van der Waals surface area contributed by atoms with Crippen LogP contribution in [0.25, 0.3) is 0 Å². The van der Waals surface area contributed by atoms with Crippen LogP contribution in [-0.2, 0) is 11.3 Å². The predicted octanol–water partition coefficient (Wildman–Crippen LogP) is 3.99. The topological polar surface area (TPSA) is 40.6 Å². The van der Waals surface area contributed by atoms with Crippen LogP contribution in [0.15, 0.2) is 46.9 Å². The first kappa shape index (κ1) is 17.6. The highest BCUT2D eigenvalue weighted by atomic mass is 79.9.